The van der Waals surface area contributed by atoms with Gasteiger partial charge in [-0.2, -0.15) is 10.2 Å². The minimum absolute atomic E-state index is 0.904. The van der Waals surface area contributed by atoms with Crippen LogP contribution in [0.3, 0.4) is 0 Å². The summed E-state index contributed by atoms with van der Waals surface area (Å²) in [7, 11) is 0. The van der Waals surface area contributed by atoms with Crippen LogP contribution in [0.25, 0.3) is 12.2 Å². The van der Waals surface area contributed by atoms with Gasteiger partial charge in [0.05, 0.1) is 0 Å². The number of nitrogens with one attached hydrogen (secondary N) is 2. The molecular formula is C20H18N4O2. The average Bonchev–Trinajstić information content (AvgIpc) is 2.68. The smallest absolute Gasteiger partial charge is 0.262 e. The zero-order valence-corrected chi connectivity index (χ0v) is 13.9. The molecule has 130 valence electrons. The molecule has 0 aliphatic rings. The second-order valence-electron chi connectivity index (χ2n) is 4.98. The van der Waals surface area contributed by atoms with Crippen LogP contribution in [0.1, 0.15) is 11.1 Å². The van der Waals surface area contributed by atoms with Crippen molar-refractivity contribution in [1.82, 2.24) is 10.9 Å². The van der Waals surface area contributed by atoms with Gasteiger partial charge >= 0.3 is 11.8 Å². The van der Waals surface area contributed by atoms with Gasteiger partial charge in [-0.15, -0.1) is 0 Å². The maximum absolute atomic E-state index is 11.5. The summed E-state index contributed by atoms with van der Waals surface area (Å²) in [5.41, 5.74) is 6.22. The lowest BCUT2D eigenvalue weighted by Crippen LogP contribution is -2.35. The third-order valence-corrected chi connectivity index (χ3v) is 3.04. The molecule has 6 nitrogen and oxygen atoms in total. The van der Waals surface area contributed by atoms with Crippen LogP contribution in [0.5, 0.6) is 0 Å². The first-order valence-electron chi connectivity index (χ1n) is 7.85. The first-order chi connectivity index (χ1) is 12.8. The van der Waals surface area contributed by atoms with Gasteiger partial charge in [-0.05, 0) is 23.3 Å². The standard InChI is InChI=1S/C20H18N4O2/c25-19(23-21-15-7-13-17-9-3-1-4-10-17)20(26)24-22-16-8-14-18-11-5-2-6-12-18/h1-16H,(H,23,25)(H,24,26)/b13-7+,14-8+,21-15+,22-16+. The van der Waals surface area contributed by atoms with E-state index < -0.39 is 11.8 Å². The zero-order valence-electron chi connectivity index (χ0n) is 13.9. The van der Waals surface area contributed by atoms with Gasteiger partial charge in [-0.25, -0.2) is 10.9 Å². The monoisotopic (exact) mass is 346 g/mol. The van der Waals surface area contributed by atoms with Crippen molar-refractivity contribution in [3.63, 3.8) is 0 Å². The number of benzene rings is 2. The molecule has 0 aromatic heterocycles. The summed E-state index contributed by atoms with van der Waals surface area (Å²) in [5.74, 6) is -1.81. The van der Waals surface area contributed by atoms with Crippen molar-refractivity contribution in [2.75, 3.05) is 0 Å². The van der Waals surface area contributed by atoms with Gasteiger partial charge in [0, 0.05) is 12.4 Å². The lowest BCUT2D eigenvalue weighted by molar-refractivity contribution is -0.139. The third-order valence-electron chi connectivity index (χ3n) is 3.04. The summed E-state index contributed by atoms with van der Waals surface area (Å²) in [5, 5.41) is 7.31. The first-order valence-corrected chi connectivity index (χ1v) is 7.85. The Morgan fingerprint density at radius 1 is 0.654 bits per heavy atom. The highest BCUT2D eigenvalue weighted by Crippen LogP contribution is 2.00. The Kier molecular flexibility index (Phi) is 7.76. The second kappa shape index (κ2) is 10.9. The van der Waals surface area contributed by atoms with Crippen LogP contribution in [0.2, 0.25) is 0 Å². The van der Waals surface area contributed by atoms with Gasteiger partial charge in [0.2, 0.25) is 0 Å². The van der Waals surface area contributed by atoms with Gasteiger partial charge in [0.25, 0.3) is 0 Å². The minimum atomic E-state index is -0.904. The van der Waals surface area contributed by atoms with Crippen molar-refractivity contribution in [1.29, 1.82) is 0 Å². The van der Waals surface area contributed by atoms with E-state index in [0.29, 0.717) is 0 Å². The van der Waals surface area contributed by atoms with Gasteiger partial charge in [0.15, 0.2) is 0 Å². The summed E-state index contributed by atoms with van der Waals surface area (Å²) in [4.78, 5) is 23.0. The van der Waals surface area contributed by atoms with E-state index >= 15 is 0 Å². The molecule has 0 radical (unpaired) electrons. The SMILES string of the molecule is O=C(N/N=C/C=C/c1ccccc1)C(=O)N/N=C/C=C/c1ccccc1. The molecule has 0 spiro atoms. The van der Waals surface area contributed by atoms with Gasteiger partial charge in [-0.1, -0.05) is 72.8 Å². The van der Waals surface area contributed by atoms with E-state index in [9.17, 15) is 9.59 Å². The first kappa shape index (κ1) is 18.5. The van der Waals surface area contributed by atoms with Crippen LogP contribution in [-0.2, 0) is 9.59 Å². The molecule has 0 bridgehead atoms. The Hall–Kier alpha value is -3.80. The molecule has 2 N–H and O–H groups in total. The van der Waals surface area contributed by atoms with Crippen LogP contribution >= 0.6 is 0 Å². The molecule has 0 aliphatic heterocycles. The van der Waals surface area contributed by atoms with Crippen LogP contribution < -0.4 is 10.9 Å². The Labute approximate surface area is 151 Å². The predicted octanol–water partition coefficient (Wildman–Crippen LogP) is 2.62. The van der Waals surface area contributed by atoms with E-state index in [1.807, 2.05) is 72.8 Å². The van der Waals surface area contributed by atoms with Crippen LogP contribution in [0.4, 0.5) is 0 Å². The summed E-state index contributed by atoms with van der Waals surface area (Å²) in [6, 6.07) is 19.2. The van der Waals surface area contributed by atoms with Gasteiger partial charge < -0.3 is 0 Å². The Morgan fingerprint density at radius 2 is 1.04 bits per heavy atom. The molecule has 2 amide bonds. The van der Waals surface area contributed by atoms with Crippen molar-refractivity contribution >= 4 is 36.4 Å². The lowest BCUT2D eigenvalue weighted by Gasteiger charge is -1.96. The van der Waals surface area contributed by atoms with E-state index in [1.54, 1.807) is 12.2 Å². The Balaban J connectivity index is 1.69. The van der Waals surface area contributed by atoms with Crippen LogP contribution in [0.15, 0.2) is 83.0 Å². The molecule has 0 saturated heterocycles. The maximum Gasteiger partial charge on any atom is 0.331 e. The highest BCUT2D eigenvalue weighted by Gasteiger charge is 2.10. The Bertz CT molecular complexity index is 754. The van der Waals surface area contributed by atoms with Crippen molar-refractivity contribution < 1.29 is 9.59 Å². The van der Waals surface area contributed by atoms with Gasteiger partial charge in [-0.3, -0.25) is 9.59 Å². The number of hydrogen-bond acceptors (Lipinski definition) is 4. The maximum atomic E-state index is 11.5. The molecule has 0 atom stereocenters. The minimum Gasteiger partial charge on any atom is -0.262 e. The molecule has 0 saturated carbocycles. The van der Waals surface area contributed by atoms with E-state index in [1.165, 1.54) is 12.4 Å². The molecule has 2 aromatic carbocycles. The normalized spacial score (nSPS) is 11.5. The zero-order chi connectivity index (χ0) is 18.5. The van der Waals surface area contributed by atoms with E-state index in [-0.39, 0.29) is 0 Å². The van der Waals surface area contributed by atoms with E-state index in [0.717, 1.165) is 11.1 Å². The number of amides is 2. The van der Waals surface area contributed by atoms with Gasteiger partial charge in [0.1, 0.15) is 0 Å². The summed E-state index contributed by atoms with van der Waals surface area (Å²) in [6.07, 6.45) is 9.70. The summed E-state index contributed by atoms with van der Waals surface area (Å²) >= 11 is 0. The average molecular weight is 346 g/mol. The fourth-order valence-electron chi connectivity index (χ4n) is 1.82. The Morgan fingerprint density at radius 3 is 1.42 bits per heavy atom. The third kappa shape index (κ3) is 7.18. The molecule has 26 heavy (non-hydrogen) atoms. The van der Waals surface area contributed by atoms with Crippen LogP contribution in [0, 0.1) is 0 Å². The number of nitrogens with zero attached hydrogens (tertiary/aromatic N) is 2. The molecule has 0 unspecified atom stereocenters. The lowest BCUT2D eigenvalue weighted by atomic mass is 10.2. The number of hydrogen-bond donors (Lipinski definition) is 2. The highest BCUT2D eigenvalue weighted by molar-refractivity contribution is 6.35. The second-order valence-corrected chi connectivity index (χ2v) is 4.98. The van der Waals surface area contributed by atoms with Crippen molar-refractivity contribution in [2.24, 2.45) is 10.2 Å². The molecule has 2 aromatic rings. The number of rotatable bonds is 6. The van der Waals surface area contributed by atoms with Crippen molar-refractivity contribution in [3.8, 4) is 0 Å². The molecule has 0 fully saturated rings. The number of hydrazone groups is 2. The predicted molar refractivity (Wildman–Crippen MR) is 104 cm³/mol. The molecular weight excluding hydrogens is 328 g/mol. The topological polar surface area (TPSA) is 82.9 Å². The highest BCUT2D eigenvalue weighted by atomic mass is 16.2. The summed E-state index contributed by atoms with van der Waals surface area (Å²) in [6.45, 7) is 0. The number of carbonyl (C=O) groups excluding carboxylic acids is 2. The van der Waals surface area contributed by atoms with E-state index in [4.69, 9.17) is 0 Å². The number of carbonyl (C=O) groups is 2. The number of allylic oxidation sites excluding steroid dienone is 2. The largest absolute Gasteiger partial charge is 0.331 e. The van der Waals surface area contributed by atoms with Crippen molar-refractivity contribution in [2.45, 2.75) is 0 Å². The van der Waals surface area contributed by atoms with Crippen molar-refractivity contribution in [3.05, 3.63) is 83.9 Å². The fourth-order valence-corrected chi connectivity index (χ4v) is 1.82. The fraction of sp³-hybridized carbons (Fsp3) is 0. The molecule has 0 aliphatic carbocycles. The molecule has 6 heteroatoms. The quantitative estimate of drug-likeness (QED) is 0.479. The van der Waals surface area contributed by atoms with E-state index in [2.05, 4.69) is 21.1 Å². The molecule has 2 rings (SSSR count). The molecule has 0 heterocycles. The van der Waals surface area contributed by atoms with Crippen LogP contribution in [-0.4, -0.2) is 24.2 Å². The summed E-state index contributed by atoms with van der Waals surface area (Å²) < 4.78 is 0.